The van der Waals surface area contributed by atoms with Gasteiger partial charge in [-0.1, -0.05) is 30.3 Å². The van der Waals surface area contributed by atoms with Gasteiger partial charge in [-0.2, -0.15) is 0 Å². The Bertz CT molecular complexity index is 667. The summed E-state index contributed by atoms with van der Waals surface area (Å²) in [5.74, 6) is 1.86. The number of hydrogen-bond donors (Lipinski definition) is 0. The van der Waals surface area contributed by atoms with E-state index in [2.05, 4.69) is 22.5 Å². The first kappa shape index (κ1) is 11.2. The van der Waals surface area contributed by atoms with Gasteiger partial charge in [0.25, 0.3) is 0 Å². The maximum Gasteiger partial charge on any atom is 0.124 e. The summed E-state index contributed by atoms with van der Waals surface area (Å²) in [6, 6.07) is 12.3. The molecule has 0 amide bonds. The minimum absolute atomic E-state index is 0.928. The molecule has 0 radical (unpaired) electrons. The van der Waals surface area contributed by atoms with E-state index in [-0.39, 0.29) is 0 Å². The third-order valence-electron chi connectivity index (χ3n) is 2.84. The number of furan rings is 1. The Morgan fingerprint density at radius 1 is 1.11 bits per heavy atom. The molecule has 0 N–H and O–H groups in total. The zero-order valence-electron chi connectivity index (χ0n) is 10.3. The van der Waals surface area contributed by atoms with E-state index in [0.717, 1.165) is 33.3 Å². The molecule has 90 valence electrons. The van der Waals surface area contributed by atoms with E-state index in [1.54, 1.807) is 11.3 Å². The molecular weight excluding hydrogens is 242 g/mol. The molecule has 3 rings (SSSR count). The maximum absolute atomic E-state index is 5.55. The van der Waals surface area contributed by atoms with Crippen molar-refractivity contribution in [1.82, 2.24) is 4.98 Å². The highest BCUT2D eigenvalue weighted by Crippen LogP contribution is 2.31. The van der Waals surface area contributed by atoms with Gasteiger partial charge in [0.15, 0.2) is 0 Å². The number of thiazole rings is 1. The molecule has 0 saturated carbocycles. The molecule has 0 spiro atoms. The van der Waals surface area contributed by atoms with E-state index in [0.29, 0.717) is 0 Å². The van der Waals surface area contributed by atoms with Gasteiger partial charge in [0.2, 0.25) is 0 Å². The molecule has 0 aliphatic heterocycles. The first-order chi connectivity index (χ1) is 8.74. The Morgan fingerprint density at radius 2 is 1.89 bits per heavy atom. The van der Waals surface area contributed by atoms with E-state index >= 15 is 0 Å². The van der Waals surface area contributed by atoms with Crippen LogP contribution in [0.15, 0.2) is 46.2 Å². The number of aromatic nitrogens is 1. The molecule has 0 atom stereocenters. The van der Waals surface area contributed by atoms with E-state index in [1.165, 1.54) is 0 Å². The fourth-order valence-electron chi connectivity index (χ4n) is 2.00. The molecule has 0 unspecified atom stereocenters. The quantitative estimate of drug-likeness (QED) is 0.664. The normalized spacial score (nSPS) is 10.8. The zero-order chi connectivity index (χ0) is 12.5. The van der Waals surface area contributed by atoms with Crippen LogP contribution in [0, 0.1) is 13.8 Å². The highest BCUT2D eigenvalue weighted by molar-refractivity contribution is 7.13. The van der Waals surface area contributed by atoms with Crippen molar-refractivity contribution in [2.24, 2.45) is 0 Å². The standard InChI is InChI=1S/C15H13NOS/c1-10-8-13(11(2)17-10)14-9-18-15(16-14)12-6-4-3-5-7-12/h3-9H,1-2H3. The number of nitrogens with zero attached hydrogens (tertiary/aromatic N) is 1. The van der Waals surface area contributed by atoms with Gasteiger partial charge in [0, 0.05) is 16.5 Å². The van der Waals surface area contributed by atoms with Crippen molar-refractivity contribution in [3.63, 3.8) is 0 Å². The van der Waals surface area contributed by atoms with Gasteiger partial charge in [-0.05, 0) is 19.9 Å². The Morgan fingerprint density at radius 3 is 2.56 bits per heavy atom. The van der Waals surface area contributed by atoms with E-state index in [4.69, 9.17) is 4.42 Å². The fraction of sp³-hybridized carbons (Fsp3) is 0.133. The van der Waals surface area contributed by atoms with Crippen LogP contribution in [0.3, 0.4) is 0 Å². The molecule has 2 heterocycles. The van der Waals surface area contributed by atoms with Gasteiger partial charge in [-0.25, -0.2) is 4.98 Å². The van der Waals surface area contributed by atoms with E-state index < -0.39 is 0 Å². The summed E-state index contributed by atoms with van der Waals surface area (Å²) in [5, 5.41) is 3.13. The van der Waals surface area contributed by atoms with Gasteiger partial charge in [0.05, 0.1) is 5.69 Å². The van der Waals surface area contributed by atoms with Crippen molar-refractivity contribution in [3.05, 3.63) is 53.3 Å². The summed E-state index contributed by atoms with van der Waals surface area (Å²) >= 11 is 1.66. The summed E-state index contributed by atoms with van der Waals surface area (Å²) in [6.45, 7) is 3.94. The summed E-state index contributed by atoms with van der Waals surface area (Å²) in [4.78, 5) is 4.68. The fourth-order valence-corrected chi connectivity index (χ4v) is 2.82. The van der Waals surface area contributed by atoms with Crippen molar-refractivity contribution in [2.75, 3.05) is 0 Å². The third-order valence-corrected chi connectivity index (χ3v) is 3.73. The molecule has 0 aliphatic rings. The summed E-state index contributed by atoms with van der Waals surface area (Å²) < 4.78 is 5.55. The highest BCUT2D eigenvalue weighted by Gasteiger charge is 2.11. The van der Waals surface area contributed by atoms with Crippen LogP contribution in [0.4, 0.5) is 0 Å². The minimum atomic E-state index is 0.928. The Balaban J connectivity index is 2.02. The van der Waals surface area contributed by atoms with Crippen molar-refractivity contribution >= 4 is 11.3 Å². The lowest BCUT2D eigenvalue weighted by Crippen LogP contribution is -1.79. The van der Waals surface area contributed by atoms with Crippen LogP contribution >= 0.6 is 11.3 Å². The van der Waals surface area contributed by atoms with Gasteiger partial charge < -0.3 is 4.42 Å². The average molecular weight is 255 g/mol. The SMILES string of the molecule is Cc1cc(-c2csc(-c3ccccc3)n2)c(C)o1. The molecule has 1 aromatic carbocycles. The lowest BCUT2D eigenvalue weighted by atomic mass is 10.2. The Hall–Kier alpha value is -1.87. The predicted octanol–water partition coefficient (Wildman–Crippen LogP) is 4.69. The number of hydrogen-bond acceptors (Lipinski definition) is 3. The lowest BCUT2D eigenvalue weighted by molar-refractivity contribution is 0.505. The molecule has 18 heavy (non-hydrogen) atoms. The van der Waals surface area contributed by atoms with Gasteiger partial charge in [0.1, 0.15) is 16.5 Å². The second-order valence-electron chi connectivity index (χ2n) is 4.23. The summed E-state index contributed by atoms with van der Waals surface area (Å²) in [6.07, 6.45) is 0. The monoisotopic (exact) mass is 255 g/mol. The van der Waals surface area contributed by atoms with Crippen LogP contribution in [0.25, 0.3) is 21.8 Å². The molecule has 0 fully saturated rings. The number of rotatable bonds is 2. The molecular formula is C15H13NOS. The van der Waals surface area contributed by atoms with Gasteiger partial charge >= 0.3 is 0 Å². The Labute approximate surface area is 110 Å². The molecule has 0 bridgehead atoms. The Kier molecular flexibility index (Phi) is 2.76. The zero-order valence-corrected chi connectivity index (χ0v) is 11.1. The minimum Gasteiger partial charge on any atom is -0.466 e. The molecule has 2 aromatic heterocycles. The van der Waals surface area contributed by atoms with Crippen molar-refractivity contribution in [1.29, 1.82) is 0 Å². The van der Waals surface area contributed by atoms with E-state index in [9.17, 15) is 0 Å². The third kappa shape index (κ3) is 1.97. The van der Waals surface area contributed by atoms with Crippen LogP contribution < -0.4 is 0 Å². The first-order valence-corrected chi connectivity index (χ1v) is 6.70. The first-order valence-electron chi connectivity index (χ1n) is 5.82. The molecule has 0 saturated heterocycles. The van der Waals surface area contributed by atoms with Gasteiger partial charge in [-0.3, -0.25) is 0 Å². The number of benzene rings is 1. The topological polar surface area (TPSA) is 26.0 Å². The van der Waals surface area contributed by atoms with Crippen LogP contribution in [0.2, 0.25) is 0 Å². The summed E-state index contributed by atoms with van der Waals surface area (Å²) in [7, 11) is 0. The smallest absolute Gasteiger partial charge is 0.124 e. The largest absolute Gasteiger partial charge is 0.466 e. The van der Waals surface area contributed by atoms with Gasteiger partial charge in [-0.15, -0.1) is 11.3 Å². The van der Waals surface area contributed by atoms with Crippen LogP contribution in [-0.4, -0.2) is 4.98 Å². The highest BCUT2D eigenvalue weighted by atomic mass is 32.1. The van der Waals surface area contributed by atoms with E-state index in [1.807, 2.05) is 38.1 Å². The second-order valence-corrected chi connectivity index (χ2v) is 5.09. The van der Waals surface area contributed by atoms with Crippen LogP contribution in [0.5, 0.6) is 0 Å². The maximum atomic E-state index is 5.55. The lowest BCUT2D eigenvalue weighted by Gasteiger charge is -1.94. The molecule has 3 aromatic rings. The second kappa shape index (κ2) is 4.42. The van der Waals surface area contributed by atoms with Crippen molar-refractivity contribution < 1.29 is 4.42 Å². The molecule has 2 nitrogen and oxygen atoms in total. The van der Waals surface area contributed by atoms with Crippen molar-refractivity contribution in [2.45, 2.75) is 13.8 Å². The summed E-state index contributed by atoms with van der Waals surface area (Å²) in [5.41, 5.74) is 3.24. The predicted molar refractivity (Wildman–Crippen MR) is 74.7 cm³/mol. The molecule has 0 aliphatic carbocycles. The number of aryl methyl sites for hydroxylation is 2. The van der Waals surface area contributed by atoms with Crippen LogP contribution in [0.1, 0.15) is 11.5 Å². The molecule has 3 heteroatoms. The van der Waals surface area contributed by atoms with Crippen LogP contribution in [-0.2, 0) is 0 Å². The average Bonchev–Trinajstić information content (AvgIpc) is 2.97. The van der Waals surface area contributed by atoms with Crippen molar-refractivity contribution in [3.8, 4) is 21.8 Å².